The number of nitrogens with zero attached hydrogens (tertiary/aromatic N) is 1. The first-order valence-corrected chi connectivity index (χ1v) is 11.8. The lowest BCUT2D eigenvalue weighted by Gasteiger charge is -2.33. The average Bonchev–Trinajstić information content (AvgIpc) is 3.04. The molecule has 1 aliphatic rings. The van der Waals surface area contributed by atoms with Gasteiger partial charge in [-0.25, -0.2) is 5.43 Å². The smallest absolute Gasteiger partial charge is 0.175 e. The molecule has 0 amide bonds. The molecule has 6 nitrogen and oxygen atoms in total. The molecule has 1 heterocycles. The summed E-state index contributed by atoms with van der Waals surface area (Å²) in [6.07, 6.45) is 2.65. The molecule has 1 rings (SSSR count). The molecule has 1 aliphatic heterocycles. The van der Waals surface area contributed by atoms with Crippen molar-refractivity contribution in [3.8, 4) is 0 Å². The summed E-state index contributed by atoms with van der Waals surface area (Å²) in [5.74, 6) is 0.829. The first-order chi connectivity index (χ1) is 13.8. The molecular formula is C24H50N2O4. The SMILES string of the molecule is CCCC[C@@H](NN(C)C)C1O[C@@H](COC(C)(C)C(C)C)[C@H](COC(C)(C)C(C)C)O1. The van der Waals surface area contributed by atoms with Gasteiger partial charge in [-0.15, -0.1) is 0 Å². The Bertz CT molecular complexity index is 448. The van der Waals surface area contributed by atoms with E-state index in [4.69, 9.17) is 18.9 Å². The topological polar surface area (TPSA) is 52.2 Å². The third-order valence-corrected chi connectivity index (χ3v) is 6.67. The number of rotatable bonds is 14. The Morgan fingerprint density at radius 1 is 0.867 bits per heavy atom. The van der Waals surface area contributed by atoms with Crippen LogP contribution in [-0.4, -0.2) is 68.1 Å². The fraction of sp³-hybridized carbons (Fsp3) is 1.00. The van der Waals surface area contributed by atoms with Crippen LogP contribution in [0.25, 0.3) is 0 Å². The lowest BCUT2D eigenvalue weighted by Crippen LogP contribution is -2.47. The molecule has 3 atom stereocenters. The first-order valence-electron chi connectivity index (χ1n) is 11.8. The largest absolute Gasteiger partial charge is 0.373 e. The summed E-state index contributed by atoms with van der Waals surface area (Å²) >= 11 is 0. The van der Waals surface area contributed by atoms with Gasteiger partial charge in [0.2, 0.25) is 0 Å². The minimum absolute atomic E-state index is 0.101. The van der Waals surface area contributed by atoms with Crippen molar-refractivity contribution < 1.29 is 18.9 Å². The Hall–Kier alpha value is -0.240. The van der Waals surface area contributed by atoms with Crippen LogP contribution >= 0.6 is 0 Å². The van der Waals surface area contributed by atoms with Crippen molar-refractivity contribution in [3.63, 3.8) is 0 Å². The van der Waals surface area contributed by atoms with Crippen molar-refractivity contribution in [1.29, 1.82) is 0 Å². The van der Waals surface area contributed by atoms with Gasteiger partial charge >= 0.3 is 0 Å². The second kappa shape index (κ2) is 12.1. The molecule has 0 spiro atoms. The average molecular weight is 431 g/mol. The van der Waals surface area contributed by atoms with Crippen molar-refractivity contribution in [1.82, 2.24) is 10.4 Å². The van der Waals surface area contributed by atoms with E-state index in [1.807, 2.05) is 19.1 Å². The third-order valence-electron chi connectivity index (χ3n) is 6.67. The lowest BCUT2D eigenvalue weighted by atomic mass is 9.94. The normalized spacial score (nSPS) is 22.6. The molecule has 0 radical (unpaired) electrons. The van der Waals surface area contributed by atoms with Crippen LogP contribution in [0, 0.1) is 11.8 Å². The maximum Gasteiger partial charge on any atom is 0.175 e. The Morgan fingerprint density at radius 3 is 1.63 bits per heavy atom. The van der Waals surface area contributed by atoms with E-state index in [0.29, 0.717) is 25.0 Å². The first kappa shape index (κ1) is 27.8. The van der Waals surface area contributed by atoms with Crippen LogP contribution in [0.5, 0.6) is 0 Å². The van der Waals surface area contributed by atoms with Crippen molar-refractivity contribution in [2.45, 2.75) is 117 Å². The second-order valence-electron chi connectivity index (χ2n) is 10.6. The van der Waals surface area contributed by atoms with Crippen LogP contribution in [0.2, 0.25) is 0 Å². The van der Waals surface area contributed by atoms with E-state index in [2.05, 4.69) is 67.7 Å². The lowest BCUT2D eigenvalue weighted by molar-refractivity contribution is -0.127. The molecule has 1 saturated heterocycles. The Labute approximate surface area is 186 Å². The Morgan fingerprint density at radius 2 is 1.30 bits per heavy atom. The van der Waals surface area contributed by atoms with Crippen LogP contribution < -0.4 is 5.43 Å². The standard InChI is InChI=1S/C24H50N2O4/c1-12-13-14-19(25-26(10)11)22-29-20(15-27-23(6,7)17(2)3)21(30-22)16-28-24(8,9)18(4)5/h17-22,25H,12-16H2,1-11H3/t19-,20+,21+/m1/s1. The summed E-state index contributed by atoms with van der Waals surface area (Å²) in [4.78, 5) is 0. The molecule has 0 aromatic rings. The van der Waals surface area contributed by atoms with E-state index in [1.165, 1.54) is 0 Å². The Balaban J connectivity index is 2.89. The van der Waals surface area contributed by atoms with Crippen LogP contribution in [0.4, 0.5) is 0 Å². The van der Waals surface area contributed by atoms with Crippen molar-refractivity contribution in [2.24, 2.45) is 11.8 Å². The van der Waals surface area contributed by atoms with E-state index in [0.717, 1.165) is 19.3 Å². The van der Waals surface area contributed by atoms with Crippen LogP contribution in [0.3, 0.4) is 0 Å². The van der Waals surface area contributed by atoms with E-state index >= 15 is 0 Å². The fourth-order valence-electron chi connectivity index (χ4n) is 2.98. The maximum atomic E-state index is 6.42. The van der Waals surface area contributed by atoms with Gasteiger partial charge < -0.3 is 18.9 Å². The highest BCUT2D eigenvalue weighted by molar-refractivity contribution is 4.85. The molecule has 0 aliphatic carbocycles. The maximum absolute atomic E-state index is 6.42. The van der Waals surface area contributed by atoms with Gasteiger partial charge in [0.05, 0.1) is 30.5 Å². The molecule has 30 heavy (non-hydrogen) atoms. The van der Waals surface area contributed by atoms with E-state index in [-0.39, 0.29) is 35.7 Å². The highest BCUT2D eigenvalue weighted by Crippen LogP contribution is 2.29. The van der Waals surface area contributed by atoms with Gasteiger partial charge in [0.1, 0.15) is 12.2 Å². The number of hydrogen-bond donors (Lipinski definition) is 1. The zero-order chi connectivity index (χ0) is 23.1. The molecule has 0 unspecified atom stereocenters. The van der Waals surface area contributed by atoms with E-state index in [1.54, 1.807) is 0 Å². The van der Waals surface area contributed by atoms with E-state index in [9.17, 15) is 0 Å². The second-order valence-corrected chi connectivity index (χ2v) is 10.6. The molecule has 0 aromatic heterocycles. The van der Waals surface area contributed by atoms with Crippen molar-refractivity contribution >= 4 is 0 Å². The minimum atomic E-state index is -0.314. The van der Waals surface area contributed by atoms with Gasteiger partial charge in [-0.3, -0.25) is 5.01 Å². The predicted molar refractivity (Wildman–Crippen MR) is 123 cm³/mol. The molecule has 0 saturated carbocycles. The summed E-state index contributed by atoms with van der Waals surface area (Å²) < 4.78 is 25.4. The summed E-state index contributed by atoms with van der Waals surface area (Å²) in [5, 5.41) is 1.98. The summed E-state index contributed by atoms with van der Waals surface area (Å²) in [5.41, 5.74) is 3.05. The van der Waals surface area contributed by atoms with E-state index < -0.39 is 0 Å². The molecule has 0 bridgehead atoms. The fourth-order valence-corrected chi connectivity index (χ4v) is 2.98. The number of hydrazine groups is 1. The van der Waals surface area contributed by atoms with Crippen molar-refractivity contribution in [2.75, 3.05) is 27.3 Å². The molecule has 0 aromatic carbocycles. The zero-order valence-electron chi connectivity index (χ0n) is 21.6. The molecule has 6 heteroatoms. The van der Waals surface area contributed by atoms with Gasteiger partial charge in [-0.2, -0.15) is 0 Å². The zero-order valence-corrected chi connectivity index (χ0v) is 21.6. The number of ether oxygens (including phenoxy) is 4. The van der Waals surface area contributed by atoms with Gasteiger partial charge in [0.25, 0.3) is 0 Å². The molecule has 180 valence electrons. The highest BCUT2D eigenvalue weighted by atomic mass is 16.7. The van der Waals surface area contributed by atoms with Gasteiger partial charge in [0.15, 0.2) is 6.29 Å². The summed E-state index contributed by atoms with van der Waals surface area (Å²) in [6.45, 7) is 20.5. The Kier molecular flexibility index (Phi) is 11.2. The summed E-state index contributed by atoms with van der Waals surface area (Å²) in [7, 11) is 4.01. The van der Waals surface area contributed by atoms with Gasteiger partial charge in [0, 0.05) is 14.1 Å². The molecule has 1 fully saturated rings. The highest BCUT2D eigenvalue weighted by Gasteiger charge is 2.42. The van der Waals surface area contributed by atoms with Gasteiger partial charge in [-0.05, 0) is 46.0 Å². The van der Waals surface area contributed by atoms with Crippen LogP contribution in [0.15, 0.2) is 0 Å². The number of nitrogens with one attached hydrogen (secondary N) is 1. The van der Waals surface area contributed by atoms with Gasteiger partial charge in [-0.1, -0.05) is 47.5 Å². The van der Waals surface area contributed by atoms with Crippen molar-refractivity contribution in [3.05, 3.63) is 0 Å². The van der Waals surface area contributed by atoms with Crippen LogP contribution in [0.1, 0.15) is 81.6 Å². The molecule has 1 N–H and O–H groups in total. The third kappa shape index (κ3) is 8.71. The summed E-state index contributed by atoms with van der Waals surface area (Å²) in [6, 6.07) is 0.101. The predicted octanol–water partition coefficient (Wildman–Crippen LogP) is 4.62. The minimum Gasteiger partial charge on any atom is -0.373 e. The van der Waals surface area contributed by atoms with Crippen LogP contribution in [-0.2, 0) is 18.9 Å². The monoisotopic (exact) mass is 430 g/mol. The molecular weight excluding hydrogens is 380 g/mol. The number of unbranched alkanes of at least 4 members (excludes halogenated alkanes) is 1. The quantitative estimate of drug-likeness (QED) is 0.406. The number of hydrogen-bond acceptors (Lipinski definition) is 6.